The molecule has 3 nitrogen and oxygen atoms in total. The molecule has 4 heteroatoms. The molecule has 1 aromatic carbocycles. The Kier molecular flexibility index (Phi) is 5.16. The van der Waals surface area contributed by atoms with Crippen LogP contribution in [0.15, 0.2) is 18.2 Å². The summed E-state index contributed by atoms with van der Waals surface area (Å²) in [5.41, 5.74) is 6.56. The van der Waals surface area contributed by atoms with Gasteiger partial charge in [-0.2, -0.15) is 0 Å². The van der Waals surface area contributed by atoms with E-state index in [1.54, 1.807) is 19.2 Å². The van der Waals surface area contributed by atoms with Gasteiger partial charge >= 0.3 is 0 Å². The van der Waals surface area contributed by atoms with Crippen molar-refractivity contribution in [3.63, 3.8) is 0 Å². The van der Waals surface area contributed by atoms with Crippen LogP contribution in [-0.4, -0.2) is 31.6 Å². The van der Waals surface area contributed by atoms with Gasteiger partial charge in [0.15, 0.2) is 0 Å². The van der Waals surface area contributed by atoms with Gasteiger partial charge in [-0.3, -0.25) is 4.90 Å². The Balaban J connectivity index is 2.01. The zero-order chi connectivity index (χ0) is 13.7. The Morgan fingerprint density at radius 1 is 1.47 bits per heavy atom. The molecule has 1 aliphatic heterocycles. The standard InChI is InChI=1S/C15H23FN2O/c1-19-15-5-4-14(16)9-13(15)11-18-8-2-3-12(10-18)6-7-17/h4-5,9,12H,2-3,6-8,10-11,17H2,1H3. The summed E-state index contributed by atoms with van der Waals surface area (Å²) < 4.78 is 18.6. The summed E-state index contributed by atoms with van der Waals surface area (Å²) in [7, 11) is 1.63. The highest BCUT2D eigenvalue weighted by molar-refractivity contribution is 5.33. The second kappa shape index (κ2) is 6.87. The van der Waals surface area contributed by atoms with E-state index in [1.807, 2.05) is 0 Å². The van der Waals surface area contributed by atoms with Crippen LogP contribution >= 0.6 is 0 Å². The quantitative estimate of drug-likeness (QED) is 0.889. The third-order valence-electron chi connectivity index (χ3n) is 3.81. The van der Waals surface area contributed by atoms with Gasteiger partial charge in [0, 0.05) is 18.7 Å². The Morgan fingerprint density at radius 2 is 2.32 bits per heavy atom. The number of nitrogens with zero attached hydrogens (tertiary/aromatic N) is 1. The summed E-state index contributed by atoms with van der Waals surface area (Å²) in [4.78, 5) is 2.38. The van der Waals surface area contributed by atoms with Gasteiger partial charge in [0.05, 0.1) is 7.11 Å². The third kappa shape index (κ3) is 3.91. The zero-order valence-corrected chi connectivity index (χ0v) is 11.6. The number of methoxy groups -OCH3 is 1. The molecular formula is C15H23FN2O. The van der Waals surface area contributed by atoms with Gasteiger partial charge in [0.25, 0.3) is 0 Å². The number of halogens is 1. The number of hydrogen-bond donors (Lipinski definition) is 1. The van der Waals surface area contributed by atoms with E-state index in [0.717, 1.165) is 43.9 Å². The minimum atomic E-state index is -0.202. The van der Waals surface area contributed by atoms with Crippen molar-refractivity contribution in [3.05, 3.63) is 29.6 Å². The maximum Gasteiger partial charge on any atom is 0.123 e. The molecule has 1 atom stereocenters. The summed E-state index contributed by atoms with van der Waals surface area (Å²) in [5.74, 6) is 1.24. The van der Waals surface area contributed by atoms with Crippen molar-refractivity contribution >= 4 is 0 Å². The van der Waals surface area contributed by atoms with Crippen LogP contribution in [0.5, 0.6) is 5.75 Å². The number of ether oxygens (including phenoxy) is 1. The molecule has 0 aromatic heterocycles. The van der Waals surface area contributed by atoms with Crippen molar-refractivity contribution < 1.29 is 9.13 Å². The molecular weight excluding hydrogens is 243 g/mol. The number of rotatable bonds is 5. The minimum absolute atomic E-state index is 0.202. The zero-order valence-electron chi connectivity index (χ0n) is 11.6. The highest BCUT2D eigenvalue weighted by atomic mass is 19.1. The molecule has 0 amide bonds. The van der Waals surface area contributed by atoms with Gasteiger partial charge in [-0.1, -0.05) is 0 Å². The van der Waals surface area contributed by atoms with Crippen LogP contribution in [0.2, 0.25) is 0 Å². The summed E-state index contributed by atoms with van der Waals surface area (Å²) in [5, 5.41) is 0. The van der Waals surface area contributed by atoms with Crippen LogP contribution in [0, 0.1) is 11.7 Å². The predicted octanol–water partition coefficient (Wildman–Crippen LogP) is 2.40. The first-order chi connectivity index (χ1) is 9.22. The van der Waals surface area contributed by atoms with Crippen LogP contribution in [0.25, 0.3) is 0 Å². The molecule has 2 N–H and O–H groups in total. The minimum Gasteiger partial charge on any atom is -0.496 e. The topological polar surface area (TPSA) is 38.5 Å². The van der Waals surface area contributed by atoms with Gasteiger partial charge in [-0.05, 0) is 56.5 Å². The van der Waals surface area contributed by atoms with Crippen molar-refractivity contribution in [2.45, 2.75) is 25.8 Å². The first-order valence-corrected chi connectivity index (χ1v) is 6.97. The lowest BCUT2D eigenvalue weighted by molar-refractivity contribution is 0.161. The lowest BCUT2D eigenvalue weighted by Gasteiger charge is -2.32. The maximum atomic E-state index is 13.3. The molecule has 1 fully saturated rings. The fourth-order valence-corrected chi connectivity index (χ4v) is 2.88. The third-order valence-corrected chi connectivity index (χ3v) is 3.81. The molecule has 1 aromatic rings. The molecule has 106 valence electrons. The fourth-order valence-electron chi connectivity index (χ4n) is 2.88. The van der Waals surface area contributed by atoms with E-state index >= 15 is 0 Å². The summed E-state index contributed by atoms with van der Waals surface area (Å²) in [6.45, 7) is 3.63. The predicted molar refractivity (Wildman–Crippen MR) is 74.6 cm³/mol. The molecule has 0 bridgehead atoms. The number of hydrogen-bond acceptors (Lipinski definition) is 3. The monoisotopic (exact) mass is 266 g/mol. The van der Waals surface area contributed by atoms with Crippen LogP contribution in [0.3, 0.4) is 0 Å². The second-order valence-electron chi connectivity index (χ2n) is 5.28. The summed E-state index contributed by atoms with van der Waals surface area (Å²) in [6, 6.07) is 4.72. The lowest BCUT2D eigenvalue weighted by Crippen LogP contribution is -2.35. The highest BCUT2D eigenvalue weighted by Gasteiger charge is 2.20. The van der Waals surface area contributed by atoms with Crippen LogP contribution in [0.1, 0.15) is 24.8 Å². The van der Waals surface area contributed by atoms with Crippen molar-refractivity contribution in [2.75, 3.05) is 26.7 Å². The average Bonchev–Trinajstić information content (AvgIpc) is 2.40. The molecule has 1 saturated heterocycles. The molecule has 0 radical (unpaired) electrons. The maximum absolute atomic E-state index is 13.3. The smallest absolute Gasteiger partial charge is 0.123 e. The Labute approximate surface area is 114 Å². The molecule has 0 saturated carbocycles. The van der Waals surface area contributed by atoms with E-state index in [9.17, 15) is 4.39 Å². The van der Waals surface area contributed by atoms with Crippen molar-refractivity contribution in [1.82, 2.24) is 4.90 Å². The van der Waals surface area contributed by atoms with Crippen LogP contribution in [-0.2, 0) is 6.54 Å². The van der Waals surface area contributed by atoms with Crippen LogP contribution < -0.4 is 10.5 Å². The Morgan fingerprint density at radius 3 is 3.05 bits per heavy atom. The number of likely N-dealkylation sites (tertiary alicyclic amines) is 1. The SMILES string of the molecule is COc1ccc(F)cc1CN1CCCC(CCN)C1. The van der Waals surface area contributed by atoms with Crippen molar-refractivity contribution in [1.29, 1.82) is 0 Å². The van der Waals surface area contributed by atoms with Crippen LogP contribution in [0.4, 0.5) is 4.39 Å². The van der Waals surface area contributed by atoms with Gasteiger partial charge in [-0.25, -0.2) is 4.39 Å². The molecule has 0 aliphatic carbocycles. The molecule has 1 aliphatic rings. The van der Waals surface area contributed by atoms with Gasteiger partial charge in [-0.15, -0.1) is 0 Å². The highest BCUT2D eigenvalue weighted by Crippen LogP contribution is 2.25. The molecule has 2 rings (SSSR count). The second-order valence-corrected chi connectivity index (χ2v) is 5.28. The van der Waals surface area contributed by atoms with E-state index in [-0.39, 0.29) is 5.82 Å². The first-order valence-electron chi connectivity index (χ1n) is 6.97. The molecule has 19 heavy (non-hydrogen) atoms. The normalized spacial score (nSPS) is 20.5. The first kappa shape index (κ1) is 14.3. The lowest BCUT2D eigenvalue weighted by atomic mass is 9.94. The van der Waals surface area contributed by atoms with E-state index in [1.165, 1.54) is 18.9 Å². The molecule has 1 heterocycles. The van der Waals surface area contributed by atoms with Crippen molar-refractivity contribution in [2.24, 2.45) is 11.7 Å². The largest absolute Gasteiger partial charge is 0.496 e. The van der Waals surface area contributed by atoms with Crippen molar-refractivity contribution in [3.8, 4) is 5.75 Å². The number of benzene rings is 1. The molecule has 0 spiro atoms. The van der Waals surface area contributed by atoms with Gasteiger partial charge < -0.3 is 10.5 Å². The van der Waals surface area contributed by atoms with Gasteiger partial charge in [0.2, 0.25) is 0 Å². The van der Waals surface area contributed by atoms with E-state index in [4.69, 9.17) is 10.5 Å². The fraction of sp³-hybridized carbons (Fsp3) is 0.600. The van der Waals surface area contributed by atoms with Gasteiger partial charge in [0.1, 0.15) is 11.6 Å². The van der Waals surface area contributed by atoms with E-state index in [2.05, 4.69) is 4.90 Å². The Hall–Kier alpha value is -1.13. The number of piperidine rings is 1. The van der Waals surface area contributed by atoms with E-state index < -0.39 is 0 Å². The average molecular weight is 266 g/mol. The Bertz CT molecular complexity index is 409. The summed E-state index contributed by atoms with van der Waals surface area (Å²) in [6.07, 6.45) is 3.53. The molecule has 1 unspecified atom stereocenters. The summed E-state index contributed by atoms with van der Waals surface area (Å²) >= 11 is 0. The van der Waals surface area contributed by atoms with E-state index in [0.29, 0.717) is 5.92 Å². The number of nitrogens with two attached hydrogens (primary N) is 1.